The van der Waals surface area contributed by atoms with E-state index >= 15 is 0 Å². The van der Waals surface area contributed by atoms with Crippen LogP contribution in [0.3, 0.4) is 0 Å². The molecule has 0 radical (unpaired) electrons. The van der Waals surface area contributed by atoms with E-state index in [-0.39, 0.29) is 24.6 Å². The fraction of sp³-hybridized carbons (Fsp3) is 0.286. The van der Waals surface area contributed by atoms with E-state index < -0.39 is 5.69 Å². The summed E-state index contributed by atoms with van der Waals surface area (Å²) in [6.45, 7) is 2.64. The van der Waals surface area contributed by atoms with Gasteiger partial charge in [-0.1, -0.05) is 12.1 Å². The summed E-state index contributed by atoms with van der Waals surface area (Å²) >= 11 is 0. The molecule has 0 saturated carbocycles. The molecule has 152 valence electrons. The molecule has 0 bridgehead atoms. The van der Waals surface area contributed by atoms with Crippen LogP contribution >= 0.6 is 0 Å². The number of hydrogen-bond donors (Lipinski definition) is 1. The van der Waals surface area contributed by atoms with E-state index in [2.05, 4.69) is 4.98 Å². The van der Waals surface area contributed by atoms with Crippen LogP contribution in [0, 0.1) is 0 Å². The number of H-pyrrole nitrogens is 1. The van der Waals surface area contributed by atoms with Crippen LogP contribution in [0.2, 0.25) is 0 Å². The summed E-state index contributed by atoms with van der Waals surface area (Å²) in [6.07, 6.45) is 0. The molecule has 0 unspecified atom stereocenters. The molecule has 0 aliphatic carbocycles. The minimum atomic E-state index is -0.492. The van der Waals surface area contributed by atoms with Gasteiger partial charge in [0.2, 0.25) is 0 Å². The fourth-order valence-electron chi connectivity index (χ4n) is 3.03. The Morgan fingerprint density at radius 3 is 2.55 bits per heavy atom. The number of nitrogens with zero attached hydrogens (tertiary/aromatic N) is 2. The highest BCUT2D eigenvalue weighted by atomic mass is 16.5. The number of para-hydroxylation sites is 2. The van der Waals surface area contributed by atoms with Gasteiger partial charge in [-0.15, -0.1) is 0 Å². The van der Waals surface area contributed by atoms with E-state index in [1.807, 2.05) is 12.1 Å². The molecule has 8 heteroatoms. The van der Waals surface area contributed by atoms with Crippen LogP contribution in [0.1, 0.15) is 17.3 Å². The number of benzene rings is 2. The smallest absolute Gasteiger partial charge is 0.328 e. The second-order valence-corrected chi connectivity index (χ2v) is 6.47. The SMILES string of the molecule is CCn1c(=O)[nH]c2cc(C(=O)N(C)CCOc3ccccc3OC)ccc2c1=O. The topological polar surface area (TPSA) is 93.6 Å². The van der Waals surface area contributed by atoms with Gasteiger partial charge < -0.3 is 19.4 Å². The lowest BCUT2D eigenvalue weighted by Gasteiger charge is -2.18. The number of ether oxygens (including phenoxy) is 2. The first-order valence-corrected chi connectivity index (χ1v) is 9.24. The number of aromatic nitrogens is 2. The van der Waals surface area contributed by atoms with E-state index in [9.17, 15) is 14.4 Å². The largest absolute Gasteiger partial charge is 0.493 e. The number of aromatic amines is 1. The summed E-state index contributed by atoms with van der Waals surface area (Å²) in [5.41, 5.74) is -0.146. The van der Waals surface area contributed by atoms with Crippen molar-refractivity contribution in [2.75, 3.05) is 27.3 Å². The number of rotatable bonds is 7. The first-order chi connectivity index (χ1) is 14.0. The van der Waals surface area contributed by atoms with Crippen LogP contribution in [0.25, 0.3) is 10.9 Å². The Bertz CT molecular complexity index is 1150. The van der Waals surface area contributed by atoms with Crippen molar-refractivity contribution in [1.29, 1.82) is 0 Å². The molecule has 0 aliphatic heterocycles. The summed E-state index contributed by atoms with van der Waals surface area (Å²) in [5.74, 6) is 0.986. The highest BCUT2D eigenvalue weighted by Gasteiger charge is 2.14. The molecule has 1 amide bonds. The monoisotopic (exact) mass is 397 g/mol. The van der Waals surface area contributed by atoms with Crippen molar-refractivity contribution >= 4 is 16.8 Å². The van der Waals surface area contributed by atoms with Crippen molar-refractivity contribution < 1.29 is 14.3 Å². The third-order valence-electron chi connectivity index (χ3n) is 4.65. The van der Waals surface area contributed by atoms with Gasteiger partial charge in [-0.3, -0.25) is 14.2 Å². The molecule has 2 aromatic carbocycles. The van der Waals surface area contributed by atoms with E-state index in [0.717, 1.165) is 4.57 Å². The van der Waals surface area contributed by atoms with Crippen molar-refractivity contribution in [3.8, 4) is 11.5 Å². The van der Waals surface area contributed by atoms with Crippen LogP contribution < -0.4 is 20.7 Å². The number of likely N-dealkylation sites (N-methyl/N-ethyl adjacent to an activating group) is 1. The lowest BCUT2D eigenvalue weighted by atomic mass is 10.1. The summed E-state index contributed by atoms with van der Waals surface area (Å²) < 4.78 is 12.1. The molecule has 0 spiro atoms. The van der Waals surface area contributed by atoms with Crippen LogP contribution in [0.5, 0.6) is 11.5 Å². The molecule has 0 aliphatic rings. The fourth-order valence-corrected chi connectivity index (χ4v) is 3.03. The van der Waals surface area contributed by atoms with Crippen molar-refractivity contribution in [3.05, 3.63) is 68.9 Å². The molecule has 0 atom stereocenters. The molecule has 1 heterocycles. The number of amides is 1. The van der Waals surface area contributed by atoms with Crippen molar-refractivity contribution in [1.82, 2.24) is 14.5 Å². The molecule has 3 rings (SSSR count). The minimum absolute atomic E-state index is 0.240. The van der Waals surface area contributed by atoms with Crippen LogP contribution in [0.15, 0.2) is 52.1 Å². The van der Waals surface area contributed by atoms with Gasteiger partial charge in [0.05, 0.1) is 24.6 Å². The zero-order chi connectivity index (χ0) is 21.0. The van der Waals surface area contributed by atoms with Crippen molar-refractivity contribution in [2.24, 2.45) is 0 Å². The Balaban J connectivity index is 1.73. The molecule has 8 nitrogen and oxygen atoms in total. The Kier molecular flexibility index (Phi) is 6.01. The van der Waals surface area contributed by atoms with Crippen LogP contribution in [-0.4, -0.2) is 47.7 Å². The average molecular weight is 397 g/mol. The van der Waals surface area contributed by atoms with Crippen LogP contribution in [-0.2, 0) is 6.54 Å². The molecule has 0 fully saturated rings. The van der Waals surface area contributed by atoms with E-state index in [0.29, 0.717) is 34.5 Å². The molecular weight excluding hydrogens is 374 g/mol. The van der Waals surface area contributed by atoms with Gasteiger partial charge in [0.15, 0.2) is 11.5 Å². The number of nitrogens with one attached hydrogen (secondary N) is 1. The zero-order valence-corrected chi connectivity index (χ0v) is 16.6. The van der Waals surface area contributed by atoms with Crippen molar-refractivity contribution in [2.45, 2.75) is 13.5 Å². The second-order valence-electron chi connectivity index (χ2n) is 6.47. The standard InChI is InChI=1S/C21H23N3O5/c1-4-24-20(26)15-10-9-14(13-16(15)22-21(24)27)19(25)23(2)11-12-29-18-8-6-5-7-17(18)28-3/h5-10,13H,4,11-12H2,1-3H3,(H,22,27). The first kappa shape index (κ1) is 20.2. The normalized spacial score (nSPS) is 10.7. The maximum atomic E-state index is 12.7. The summed E-state index contributed by atoms with van der Waals surface area (Å²) in [5, 5.41) is 0.366. The predicted molar refractivity (Wildman–Crippen MR) is 110 cm³/mol. The van der Waals surface area contributed by atoms with Crippen molar-refractivity contribution in [3.63, 3.8) is 0 Å². The second kappa shape index (κ2) is 8.64. The first-order valence-electron chi connectivity index (χ1n) is 9.24. The quantitative estimate of drug-likeness (QED) is 0.657. The maximum absolute atomic E-state index is 12.7. The third-order valence-corrected chi connectivity index (χ3v) is 4.65. The summed E-state index contributed by atoms with van der Waals surface area (Å²) in [4.78, 5) is 41.3. The number of methoxy groups -OCH3 is 1. The average Bonchev–Trinajstić information content (AvgIpc) is 2.73. The Hall–Kier alpha value is -3.55. The number of fused-ring (bicyclic) bond motifs is 1. The minimum Gasteiger partial charge on any atom is -0.493 e. The van der Waals surface area contributed by atoms with Gasteiger partial charge in [-0.2, -0.15) is 0 Å². The van der Waals surface area contributed by atoms with E-state index in [1.165, 1.54) is 11.0 Å². The van der Waals surface area contributed by atoms with Gasteiger partial charge in [0, 0.05) is 19.2 Å². The van der Waals surface area contributed by atoms with Gasteiger partial charge in [0.25, 0.3) is 11.5 Å². The van der Waals surface area contributed by atoms with E-state index in [1.54, 1.807) is 45.3 Å². The van der Waals surface area contributed by atoms with Gasteiger partial charge in [-0.05, 0) is 37.3 Å². The lowest BCUT2D eigenvalue weighted by Crippen LogP contribution is -2.34. The van der Waals surface area contributed by atoms with Gasteiger partial charge in [-0.25, -0.2) is 4.79 Å². The summed E-state index contributed by atoms with van der Waals surface area (Å²) in [6, 6.07) is 12.0. The molecule has 3 aromatic rings. The molecule has 29 heavy (non-hydrogen) atoms. The molecule has 1 N–H and O–H groups in total. The van der Waals surface area contributed by atoms with Gasteiger partial charge in [0.1, 0.15) is 6.61 Å². The number of carbonyl (C=O) groups is 1. The third kappa shape index (κ3) is 4.16. The molecule has 0 saturated heterocycles. The summed E-state index contributed by atoms with van der Waals surface area (Å²) in [7, 11) is 3.23. The Labute approximate surface area is 167 Å². The van der Waals surface area contributed by atoms with Gasteiger partial charge >= 0.3 is 5.69 Å². The Morgan fingerprint density at radius 1 is 1.14 bits per heavy atom. The molecule has 1 aromatic heterocycles. The highest BCUT2D eigenvalue weighted by Crippen LogP contribution is 2.25. The van der Waals surface area contributed by atoms with E-state index in [4.69, 9.17) is 9.47 Å². The highest BCUT2D eigenvalue weighted by molar-refractivity contribution is 5.97. The molecular formula is C21H23N3O5. The lowest BCUT2D eigenvalue weighted by molar-refractivity contribution is 0.0773. The Morgan fingerprint density at radius 2 is 1.86 bits per heavy atom. The van der Waals surface area contributed by atoms with Crippen LogP contribution in [0.4, 0.5) is 0 Å². The maximum Gasteiger partial charge on any atom is 0.328 e. The zero-order valence-electron chi connectivity index (χ0n) is 16.6. The number of hydrogen-bond acceptors (Lipinski definition) is 5. The number of carbonyl (C=O) groups excluding carboxylic acids is 1. The predicted octanol–water partition coefficient (Wildman–Crippen LogP) is 1.87.